The summed E-state index contributed by atoms with van der Waals surface area (Å²) < 4.78 is 13.4. The second kappa shape index (κ2) is 5.75. The zero-order chi connectivity index (χ0) is 11.4. The number of nitrogens with one attached hydrogen (secondary N) is 1. The molecule has 0 bridgehead atoms. The standard InChI is InChI=1S/C9H9Cl3FNO/c10-3-5(15)4-14-7-2-1-6(11)8(12)9(7)13/h1-2,5,14-15H,3-4H2. The van der Waals surface area contributed by atoms with Gasteiger partial charge in [0.2, 0.25) is 0 Å². The summed E-state index contributed by atoms with van der Waals surface area (Å²) in [6.07, 6.45) is -0.736. The van der Waals surface area contributed by atoms with Gasteiger partial charge in [-0.2, -0.15) is 0 Å². The summed E-state index contributed by atoms with van der Waals surface area (Å²) in [6.45, 7) is 0.151. The molecule has 1 unspecified atom stereocenters. The second-order valence-electron chi connectivity index (χ2n) is 2.91. The molecule has 0 aliphatic heterocycles. The minimum absolute atomic E-state index is 0.0793. The Kier molecular flexibility index (Phi) is 4.93. The third kappa shape index (κ3) is 3.38. The predicted octanol–water partition coefficient (Wildman–Crippen LogP) is 3.14. The van der Waals surface area contributed by atoms with Crippen molar-refractivity contribution in [3.05, 3.63) is 28.0 Å². The van der Waals surface area contributed by atoms with Gasteiger partial charge in [0.25, 0.3) is 0 Å². The van der Waals surface area contributed by atoms with Gasteiger partial charge in [-0.15, -0.1) is 11.6 Å². The number of aliphatic hydroxyl groups is 1. The summed E-state index contributed by atoms with van der Waals surface area (Å²) in [5, 5.41) is 11.9. The van der Waals surface area contributed by atoms with Gasteiger partial charge in [0.1, 0.15) is 0 Å². The van der Waals surface area contributed by atoms with Gasteiger partial charge in [0.15, 0.2) is 5.82 Å². The van der Waals surface area contributed by atoms with Crippen LogP contribution in [0.5, 0.6) is 0 Å². The van der Waals surface area contributed by atoms with Crippen molar-refractivity contribution in [1.29, 1.82) is 0 Å². The lowest BCUT2D eigenvalue weighted by molar-refractivity contribution is 0.211. The summed E-state index contributed by atoms with van der Waals surface area (Å²) in [5.74, 6) is -0.554. The van der Waals surface area contributed by atoms with Crippen LogP contribution in [0, 0.1) is 5.82 Å². The van der Waals surface area contributed by atoms with Crippen LogP contribution in [0.25, 0.3) is 0 Å². The Hall–Kier alpha value is -0.220. The monoisotopic (exact) mass is 271 g/mol. The van der Waals surface area contributed by atoms with Gasteiger partial charge in [-0.1, -0.05) is 23.2 Å². The number of rotatable bonds is 4. The summed E-state index contributed by atoms with van der Waals surface area (Å²) in [5.41, 5.74) is 0.188. The third-order valence-corrected chi connectivity index (χ3v) is 2.88. The highest BCUT2D eigenvalue weighted by molar-refractivity contribution is 6.42. The predicted molar refractivity (Wildman–Crippen MR) is 61.6 cm³/mol. The Morgan fingerprint density at radius 3 is 2.67 bits per heavy atom. The van der Waals surface area contributed by atoms with E-state index in [1.807, 2.05) is 0 Å². The van der Waals surface area contributed by atoms with Crippen LogP contribution in [0.15, 0.2) is 12.1 Å². The fraction of sp³-hybridized carbons (Fsp3) is 0.333. The molecule has 0 saturated carbocycles. The van der Waals surface area contributed by atoms with Crippen LogP contribution < -0.4 is 5.32 Å². The molecular weight excluding hydrogens is 263 g/mol. The maximum atomic E-state index is 13.4. The van der Waals surface area contributed by atoms with Crippen molar-refractivity contribution in [2.75, 3.05) is 17.7 Å². The Morgan fingerprint density at radius 2 is 2.07 bits per heavy atom. The second-order valence-corrected chi connectivity index (χ2v) is 4.01. The molecule has 0 heterocycles. The molecule has 2 nitrogen and oxygen atoms in total. The van der Waals surface area contributed by atoms with Gasteiger partial charge >= 0.3 is 0 Å². The lowest BCUT2D eigenvalue weighted by Gasteiger charge is -2.11. The number of halogens is 4. The smallest absolute Gasteiger partial charge is 0.166 e. The molecule has 0 fully saturated rings. The molecule has 0 saturated heterocycles. The van der Waals surface area contributed by atoms with E-state index in [-0.39, 0.29) is 28.2 Å². The quantitative estimate of drug-likeness (QED) is 0.652. The van der Waals surface area contributed by atoms with Crippen molar-refractivity contribution in [2.45, 2.75) is 6.10 Å². The zero-order valence-corrected chi connectivity index (χ0v) is 9.87. The van der Waals surface area contributed by atoms with E-state index in [9.17, 15) is 4.39 Å². The van der Waals surface area contributed by atoms with Crippen LogP contribution in [0.4, 0.5) is 10.1 Å². The first kappa shape index (κ1) is 12.8. The maximum Gasteiger partial charge on any atom is 0.166 e. The van der Waals surface area contributed by atoms with Crippen molar-refractivity contribution in [3.63, 3.8) is 0 Å². The fourth-order valence-electron chi connectivity index (χ4n) is 0.945. The van der Waals surface area contributed by atoms with E-state index in [0.29, 0.717) is 0 Å². The SMILES string of the molecule is OC(CCl)CNc1ccc(Cl)c(Cl)c1F. The van der Waals surface area contributed by atoms with Crippen LogP contribution in [0.2, 0.25) is 10.0 Å². The van der Waals surface area contributed by atoms with E-state index >= 15 is 0 Å². The fourth-order valence-corrected chi connectivity index (χ4v) is 1.36. The topological polar surface area (TPSA) is 32.3 Å². The average molecular weight is 273 g/mol. The van der Waals surface area contributed by atoms with Crippen molar-refractivity contribution >= 4 is 40.5 Å². The normalized spacial score (nSPS) is 12.6. The molecule has 0 aliphatic carbocycles. The van der Waals surface area contributed by atoms with Gasteiger partial charge in [-0.05, 0) is 12.1 Å². The molecule has 1 atom stereocenters. The molecule has 84 valence electrons. The van der Waals surface area contributed by atoms with E-state index in [1.165, 1.54) is 12.1 Å². The Morgan fingerprint density at radius 1 is 1.40 bits per heavy atom. The van der Waals surface area contributed by atoms with Gasteiger partial charge in [0, 0.05) is 6.54 Å². The van der Waals surface area contributed by atoms with Crippen molar-refractivity contribution < 1.29 is 9.50 Å². The largest absolute Gasteiger partial charge is 0.390 e. The van der Waals surface area contributed by atoms with Crippen LogP contribution in [0.3, 0.4) is 0 Å². The van der Waals surface area contributed by atoms with Crippen molar-refractivity contribution in [3.8, 4) is 0 Å². The van der Waals surface area contributed by atoms with Crippen LogP contribution in [-0.4, -0.2) is 23.6 Å². The molecule has 1 rings (SSSR count). The molecule has 1 aromatic rings. The molecule has 0 radical (unpaired) electrons. The lowest BCUT2D eigenvalue weighted by atomic mass is 10.3. The molecule has 0 spiro atoms. The molecule has 2 N–H and O–H groups in total. The van der Waals surface area contributed by atoms with Crippen molar-refractivity contribution in [1.82, 2.24) is 0 Å². The van der Waals surface area contributed by atoms with E-state index in [4.69, 9.17) is 39.9 Å². The van der Waals surface area contributed by atoms with Crippen LogP contribution in [0.1, 0.15) is 0 Å². The molecule has 6 heteroatoms. The number of hydrogen-bond acceptors (Lipinski definition) is 2. The Labute approximate surface area is 102 Å². The first-order chi connectivity index (χ1) is 7.06. The van der Waals surface area contributed by atoms with E-state index < -0.39 is 11.9 Å². The zero-order valence-electron chi connectivity index (χ0n) is 7.61. The minimum Gasteiger partial charge on any atom is -0.390 e. The van der Waals surface area contributed by atoms with Crippen molar-refractivity contribution in [2.24, 2.45) is 0 Å². The molecule has 0 aliphatic rings. The Balaban J connectivity index is 2.74. The van der Waals surface area contributed by atoms with Gasteiger partial charge in [-0.25, -0.2) is 4.39 Å². The number of aliphatic hydroxyl groups excluding tert-OH is 1. The molecule has 0 aromatic heterocycles. The highest BCUT2D eigenvalue weighted by Crippen LogP contribution is 2.29. The number of benzene rings is 1. The molecule has 0 amide bonds. The lowest BCUT2D eigenvalue weighted by Crippen LogP contribution is -2.21. The summed E-state index contributed by atoms with van der Waals surface area (Å²) in [6, 6.07) is 2.92. The highest BCUT2D eigenvalue weighted by atomic mass is 35.5. The number of hydrogen-bond donors (Lipinski definition) is 2. The van der Waals surface area contributed by atoms with Crippen LogP contribution in [-0.2, 0) is 0 Å². The molecule has 15 heavy (non-hydrogen) atoms. The highest BCUT2D eigenvalue weighted by Gasteiger charge is 2.11. The summed E-state index contributed by atoms with van der Waals surface area (Å²) in [7, 11) is 0. The summed E-state index contributed by atoms with van der Waals surface area (Å²) in [4.78, 5) is 0. The number of anilines is 1. The summed E-state index contributed by atoms with van der Waals surface area (Å²) >= 11 is 16.6. The first-order valence-corrected chi connectivity index (χ1v) is 5.46. The molecule has 1 aromatic carbocycles. The molecular formula is C9H9Cl3FNO. The first-order valence-electron chi connectivity index (χ1n) is 4.17. The van der Waals surface area contributed by atoms with E-state index in [1.54, 1.807) is 0 Å². The van der Waals surface area contributed by atoms with Gasteiger partial charge in [-0.3, -0.25) is 0 Å². The van der Waals surface area contributed by atoms with E-state index in [0.717, 1.165) is 0 Å². The van der Waals surface area contributed by atoms with Gasteiger partial charge < -0.3 is 10.4 Å². The number of alkyl halides is 1. The minimum atomic E-state index is -0.736. The maximum absolute atomic E-state index is 13.4. The van der Waals surface area contributed by atoms with Crippen LogP contribution >= 0.6 is 34.8 Å². The Bertz CT molecular complexity index is 348. The third-order valence-electron chi connectivity index (χ3n) is 1.74. The van der Waals surface area contributed by atoms with E-state index in [2.05, 4.69) is 5.32 Å². The van der Waals surface area contributed by atoms with Gasteiger partial charge in [0.05, 0.1) is 27.7 Å². The average Bonchev–Trinajstić information content (AvgIpc) is 2.24.